The third-order valence-corrected chi connectivity index (χ3v) is 3.02. The zero-order valence-corrected chi connectivity index (χ0v) is 10.5. The van der Waals surface area contributed by atoms with E-state index >= 15 is 0 Å². The molecule has 2 N–H and O–H groups in total. The highest BCUT2D eigenvalue weighted by atomic mass is 19.1. The first-order valence-electron chi connectivity index (χ1n) is 6.00. The molecule has 4 nitrogen and oxygen atoms in total. The maximum atomic E-state index is 13.2. The molecule has 2 atom stereocenters. The maximum absolute atomic E-state index is 13.2. The highest BCUT2D eigenvalue weighted by Gasteiger charge is 2.29. The van der Waals surface area contributed by atoms with Crippen LogP contribution in [-0.2, 0) is 4.79 Å². The van der Waals surface area contributed by atoms with Gasteiger partial charge in [0, 0.05) is 18.5 Å². The number of amides is 1. The van der Waals surface area contributed by atoms with Crippen molar-refractivity contribution in [3.8, 4) is 5.75 Å². The summed E-state index contributed by atoms with van der Waals surface area (Å²) in [6.45, 7) is 4.38. The van der Waals surface area contributed by atoms with E-state index in [0.29, 0.717) is 24.5 Å². The van der Waals surface area contributed by atoms with Crippen molar-refractivity contribution in [3.05, 3.63) is 24.0 Å². The number of anilines is 1. The lowest BCUT2D eigenvalue weighted by Crippen LogP contribution is -2.45. The van der Waals surface area contributed by atoms with Gasteiger partial charge in [-0.15, -0.1) is 0 Å². The monoisotopic (exact) mass is 252 g/mol. The second-order valence-corrected chi connectivity index (χ2v) is 4.63. The predicted octanol–water partition coefficient (Wildman–Crippen LogP) is 1.53. The van der Waals surface area contributed by atoms with Crippen LogP contribution in [0.25, 0.3) is 0 Å². The number of halogens is 1. The van der Waals surface area contributed by atoms with Crippen LogP contribution in [0.4, 0.5) is 10.1 Å². The van der Waals surface area contributed by atoms with E-state index in [1.165, 1.54) is 12.1 Å². The van der Waals surface area contributed by atoms with Crippen LogP contribution < -0.4 is 15.4 Å². The smallest absolute Gasteiger partial charge is 0.231 e. The van der Waals surface area contributed by atoms with Gasteiger partial charge in [-0.1, -0.05) is 6.92 Å². The lowest BCUT2D eigenvalue weighted by molar-refractivity contribution is -0.122. The molecular weight excluding hydrogens is 235 g/mol. The topological polar surface area (TPSA) is 55.6 Å². The fraction of sp³-hybridized carbons (Fsp3) is 0.462. The van der Waals surface area contributed by atoms with E-state index in [-0.39, 0.29) is 23.7 Å². The number of ether oxygens (including phenoxy) is 1. The molecular formula is C13H17FN2O2. The summed E-state index contributed by atoms with van der Waals surface area (Å²) in [5, 5.41) is 0. The van der Waals surface area contributed by atoms with Crippen LogP contribution in [0.15, 0.2) is 18.2 Å². The number of fused-ring (bicyclic) bond motifs is 1. The third kappa shape index (κ3) is 2.31. The van der Waals surface area contributed by atoms with Gasteiger partial charge in [-0.2, -0.15) is 0 Å². The first-order chi connectivity index (χ1) is 8.52. The van der Waals surface area contributed by atoms with Gasteiger partial charge in [-0.3, -0.25) is 4.79 Å². The molecule has 2 unspecified atom stereocenters. The average Bonchev–Trinajstić information content (AvgIpc) is 2.35. The molecule has 5 heteroatoms. The van der Waals surface area contributed by atoms with E-state index in [1.54, 1.807) is 17.9 Å². The summed E-state index contributed by atoms with van der Waals surface area (Å²) in [6.07, 6.45) is -0.159. The van der Waals surface area contributed by atoms with Gasteiger partial charge in [0.25, 0.3) is 0 Å². The molecule has 1 amide bonds. The fourth-order valence-corrected chi connectivity index (χ4v) is 1.99. The van der Waals surface area contributed by atoms with Crippen molar-refractivity contribution in [2.75, 3.05) is 18.0 Å². The van der Waals surface area contributed by atoms with Crippen molar-refractivity contribution in [2.24, 2.45) is 11.7 Å². The van der Waals surface area contributed by atoms with Gasteiger partial charge < -0.3 is 15.4 Å². The Labute approximate surface area is 106 Å². The third-order valence-electron chi connectivity index (χ3n) is 3.02. The van der Waals surface area contributed by atoms with Gasteiger partial charge in [0.15, 0.2) is 0 Å². The predicted molar refractivity (Wildman–Crippen MR) is 67.1 cm³/mol. The van der Waals surface area contributed by atoms with Crippen LogP contribution in [0, 0.1) is 11.7 Å². The van der Waals surface area contributed by atoms with Crippen molar-refractivity contribution in [2.45, 2.75) is 20.0 Å². The molecule has 18 heavy (non-hydrogen) atoms. The summed E-state index contributed by atoms with van der Waals surface area (Å²) in [6, 6.07) is 4.20. The van der Waals surface area contributed by atoms with Crippen molar-refractivity contribution in [1.29, 1.82) is 0 Å². The van der Waals surface area contributed by atoms with E-state index in [1.807, 2.05) is 6.92 Å². The zero-order chi connectivity index (χ0) is 13.3. The Morgan fingerprint density at radius 1 is 1.67 bits per heavy atom. The number of hydrogen-bond acceptors (Lipinski definition) is 3. The van der Waals surface area contributed by atoms with Crippen LogP contribution in [0.3, 0.4) is 0 Å². The number of nitrogens with two attached hydrogens (primary N) is 1. The minimum atomic E-state index is -0.373. The lowest BCUT2D eigenvalue weighted by atomic mass is 10.1. The molecule has 1 heterocycles. The second kappa shape index (κ2) is 4.94. The normalized spacial score (nSPS) is 20.0. The largest absolute Gasteiger partial charge is 0.487 e. The molecule has 1 aromatic rings. The van der Waals surface area contributed by atoms with Gasteiger partial charge in [0.2, 0.25) is 5.91 Å². The van der Waals surface area contributed by atoms with Crippen molar-refractivity contribution in [1.82, 2.24) is 0 Å². The number of nitrogens with zero attached hydrogens (tertiary/aromatic N) is 1. The molecule has 98 valence electrons. The molecule has 2 rings (SSSR count). The molecule has 0 saturated heterocycles. The summed E-state index contributed by atoms with van der Waals surface area (Å²) >= 11 is 0. The zero-order valence-electron chi connectivity index (χ0n) is 10.5. The number of carbonyl (C=O) groups is 1. The summed E-state index contributed by atoms with van der Waals surface area (Å²) in [7, 11) is 0. The van der Waals surface area contributed by atoms with Crippen LogP contribution in [-0.4, -0.2) is 25.1 Å². The molecule has 1 aromatic carbocycles. The lowest BCUT2D eigenvalue weighted by Gasteiger charge is -2.34. The van der Waals surface area contributed by atoms with E-state index in [0.717, 1.165) is 0 Å². The molecule has 0 bridgehead atoms. The number of carbonyl (C=O) groups excluding carboxylic acids is 1. The van der Waals surface area contributed by atoms with Gasteiger partial charge in [0.1, 0.15) is 17.7 Å². The van der Waals surface area contributed by atoms with Crippen LogP contribution in [0.1, 0.15) is 13.8 Å². The Kier molecular flexibility index (Phi) is 3.52. The van der Waals surface area contributed by atoms with E-state index in [4.69, 9.17) is 10.5 Å². The number of rotatable bonds is 2. The minimum absolute atomic E-state index is 0.0551. The summed E-state index contributed by atoms with van der Waals surface area (Å²) in [5.41, 5.74) is 6.13. The molecule has 0 fully saturated rings. The highest BCUT2D eigenvalue weighted by Crippen LogP contribution is 2.34. The molecule has 1 aliphatic rings. The highest BCUT2D eigenvalue weighted by molar-refractivity contribution is 5.96. The van der Waals surface area contributed by atoms with Crippen molar-refractivity contribution in [3.63, 3.8) is 0 Å². The SMILES string of the molecule is CC1CN(C(=O)C(C)CN)c2ccc(F)cc2O1. The summed E-state index contributed by atoms with van der Waals surface area (Å²) in [5.74, 6) is -0.276. The van der Waals surface area contributed by atoms with E-state index in [2.05, 4.69) is 0 Å². The second-order valence-electron chi connectivity index (χ2n) is 4.63. The van der Waals surface area contributed by atoms with Crippen LogP contribution in [0.5, 0.6) is 5.75 Å². The van der Waals surface area contributed by atoms with Crippen LogP contribution in [0.2, 0.25) is 0 Å². The van der Waals surface area contributed by atoms with Crippen LogP contribution >= 0.6 is 0 Å². The Morgan fingerprint density at radius 3 is 3.06 bits per heavy atom. The molecule has 1 aliphatic heterocycles. The minimum Gasteiger partial charge on any atom is -0.487 e. The van der Waals surface area contributed by atoms with E-state index < -0.39 is 0 Å². The van der Waals surface area contributed by atoms with Gasteiger partial charge in [0.05, 0.1) is 12.2 Å². The van der Waals surface area contributed by atoms with Gasteiger partial charge >= 0.3 is 0 Å². The summed E-state index contributed by atoms with van der Waals surface area (Å²) in [4.78, 5) is 13.8. The first-order valence-corrected chi connectivity index (χ1v) is 6.00. The fourth-order valence-electron chi connectivity index (χ4n) is 1.99. The molecule has 0 spiro atoms. The van der Waals surface area contributed by atoms with Gasteiger partial charge in [-0.05, 0) is 19.1 Å². The van der Waals surface area contributed by atoms with Crippen molar-refractivity contribution >= 4 is 11.6 Å². The quantitative estimate of drug-likeness (QED) is 0.868. The molecule has 0 aromatic heterocycles. The Morgan fingerprint density at radius 2 is 2.39 bits per heavy atom. The molecule has 0 radical (unpaired) electrons. The Bertz CT molecular complexity index is 464. The molecule has 0 saturated carbocycles. The van der Waals surface area contributed by atoms with Crippen molar-refractivity contribution < 1.29 is 13.9 Å². The average molecular weight is 252 g/mol. The standard InChI is InChI=1S/C13H17FN2O2/c1-8(6-15)13(17)16-7-9(2)18-12-5-10(14)3-4-11(12)16/h3-5,8-9H,6-7,15H2,1-2H3. The Balaban J connectivity index is 2.36. The van der Waals surface area contributed by atoms with Gasteiger partial charge in [-0.25, -0.2) is 4.39 Å². The molecule has 0 aliphatic carbocycles. The first kappa shape index (κ1) is 12.8. The summed E-state index contributed by atoms with van der Waals surface area (Å²) < 4.78 is 18.7. The number of hydrogen-bond donors (Lipinski definition) is 1. The number of benzene rings is 1. The Hall–Kier alpha value is -1.62. The maximum Gasteiger partial charge on any atom is 0.231 e. The van der Waals surface area contributed by atoms with E-state index in [9.17, 15) is 9.18 Å².